The molecule has 0 saturated heterocycles. The van der Waals surface area contributed by atoms with Crippen molar-refractivity contribution in [3.05, 3.63) is 41.0 Å². The number of hydrogen-bond acceptors (Lipinski definition) is 2. The minimum atomic E-state index is 0.194. The minimum Gasteiger partial charge on any atom is -0.497 e. The first-order valence-corrected chi connectivity index (χ1v) is 6.66. The van der Waals surface area contributed by atoms with E-state index in [9.17, 15) is 4.79 Å². The molecule has 2 rings (SSSR count). The van der Waals surface area contributed by atoms with Crippen molar-refractivity contribution in [2.45, 2.75) is 32.7 Å². The average Bonchev–Trinajstić information content (AvgIpc) is 2.45. The van der Waals surface area contributed by atoms with E-state index in [4.69, 9.17) is 4.74 Å². The van der Waals surface area contributed by atoms with Crippen LogP contribution < -0.4 is 4.74 Å². The zero-order chi connectivity index (χ0) is 13.8. The van der Waals surface area contributed by atoms with Crippen LogP contribution in [-0.2, 0) is 11.2 Å². The van der Waals surface area contributed by atoms with Gasteiger partial charge in [0.2, 0.25) is 6.41 Å². The van der Waals surface area contributed by atoms with E-state index in [1.165, 1.54) is 16.7 Å². The number of carbonyl (C=O) groups excluding carboxylic acids is 1. The molecule has 0 aromatic heterocycles. The Morgan fingerprint density at radius 3 is 2.58 bits per heavy atom. The number of benzene rings is 1. The molecule has 1 atom stereocenters. The van der Waals surface area contributed by atoms with E-state index in [2.05, 4.69) is 26.0 Å². The highest BCUT2D eigenvalue weighted by Crippen LogP contribution is 2.25. The Kier molecular flexibility index (Phi) is 4.25. The number of nitrogens with zero attached hydrogens (tertiary/aromatic N) is 1. The Morgan fingerprint density at radius 1 is 1.32 bits per heavy atom. The van der Waals surface area contributed by atoms with Gasteiger partial charge in [-0.15, -0.1) is 0 Å². The lowest BCUT2D eigenvalue weighted by Crippen LogP contribution is -2.40. The van der Waals surface area contributed by atoms with Gasteiger partial charge in [-0.05, 0) is 44.4 Å². The van der Waals surface area contributed by atoms with Gasteiger partial charge < -0.3 is 9.64 Å². The largest absolute Gasteiger partial charge is 0.497 e. The van der Waals surface area contributed by atoms with Gasteiger partial charge in [0.15, 0.2) is 0 Å². The Morgan fingerprint density at radius 2 is 2.00 bits per heavy atom. The van der Waals surface area contributed by atoms with Crippen LogP contribution in [0, 0.1) is 0 Å². The minimum absolute atomic E-state index is 0.194. The van der Waals surface area contributed by atoms with E-state index in [1.807, 2.05) is 17.0 Å². The molecule has 1 aliphatic rings. The second-order valence-corrected chi connectivity index (χ2v) is 5.12. The van der Waals surface area contributed by atoms with E-state index >= 15 is 0 Å². The van der Waals surface area contributed by atoms with Crippen LogP contribution in [0.1, 0.15) is 25.8 Å². The molecule has 3 heteroatoms. The topological polar surface area (TPSA) is 29.5 Å². The fourth-order valence-electron chi connectivity index (χ4n) is 2.56. The van der Waals surface area contributed by atoms with E-state index in [-0.39, 0.29) is 6.04 Å². The van der Waals surface area contributed by atoms with E-state index < -0.39 is 0 Å². The highest BCUT2D eigenvalue weighted by molar-refractivity contribution is 5.51. The van der Waals surface area contributed by atoms with Crippen molar-refractivity contribution in [2.24, 2.45) is 0 Å². The van der Waals surface area contributed by atoms with Gasteiger partial charge in [-0.25, -0.2) is 0 Å². The van der Waals surface area contributed by atoms with Crippen LogP contribution >= 0.6 is 0 Å². The molecule has 1 heterocycles. The van der Waals surface area contributed by atoms with Crippen LogP contribution in [0.4, 0.5) is 0 Å². The van der Waals surface area contributed by atoms with Gasteiger partial charge in [0.05, 0.1) is 13.2 Å². The molecule has 102 valence electrons. The fourth-order valence-corrected chi connectivity index (χ4v) is 2.56. The molecule has 19 heavy (non-hydrogen) atoms. The highest BCUT2D eigenvalue weighted by atomic mass is 16.5. The summed E-state index contributed by atoms with van der Waals surface area (Å²) in [7, 11) is 1.67. The van der Waals surface area contributed by atoms with Gasteiger partial charge in [0.1, 0.15) is 5.75 Å². The summed E-state index contributed by atoms with van der Waals surface area (Å²) in [4.78, 5) is 13.1. The number of carbonyl (C=O) groups is 1. The smallest absolute Gasteiger partial charge is 0.210 e. The molecule has 0 fully saturated rings. The molecule has 0 saturated carbocycles. The van der Waals surface area contributed by atoms with Crippen molar-refractivity contribution in [1.29, 1.82) is 0 Å². The molecular formula is C16H21NO2. The predicted octanol–water partition coefficient (Wildman–Crippen LogP) is 2.80. The second kappa shape index (κ2) is 5.91. The Bertz CT molecular complexity index is 476. The van der Waals surface area contributed by atoms with Crippen LogP contribution in [0.25, 0.3) is 0 Å². The standard InChI is InChI=1S/C16H21NO2/c1-12-8-9-17(11-18)16(13(12)2)10-14-4-6-15(19-3)7-5-14/h4-7,11,16H,8-10H2,1-3H3. The fraction of sp³-hybridized carbons (Fsp3) is 0.438. The first-order valence-electron chi connectivity index (χ1n) is 6.66. The normalized spacial score (nSPS) is 19.5. The number of methoxy groups -OCH3 is 1. The lowest BCUT2D eigenvalue weighted by atomic mass is 9.91. The van der Waals surface area contributed by atoms with Crippen LogP contribution in [0.2, 0.25) is 0 Å². The van der Waals surface area contributed by atoms with Crippen molar-refractivity contribution >= 4 is 6.41 Å². The van der Waals surface area contributed by atoms with Gasteiger partial charge >= 0.3 is 0 Å². The van der Waals surface area contributed by atoms with Gasteiger partial charge in [0.25, 0.3) is 0 Å². The van der Waals surface area contributed by atoms with E-state index in [0.29, 0.717) is 0 Å². The maximum Gasteiger partial charge on any atom is 0.210 e. The molecule has 0 spiro atoms. The number of hydrogen-bond donors (Lipinski definition) is 0. The Hall–Kier alpha value is -1.77. The summed E-state index contributed by atoms with van der Waals surface area (Å²) in [6.45, 7) is 5.13. The summed E-state index contributed by atoms with van der Waals surface area (Å²) < 4.78 is 5.16. The van der Waals surface area contributed by atoms with Crippen molar-refractivity contribution in [3.63, 3.8) is 0 Å². The second-order valence-electron chi connectivity index (χ2n) is 5.12. The van der Waals surface area contributed by atoms with E-state index in [1.54, 1.807) is 7.11 Å². The maximum absolute atomic E-state index is 11.2. The molecule has 1 aliphatic heterocycles. The van der Waals surface area contributed by atoms with E-state index in [0.717, 1.165) is 31.5 Å². The molecule has 1 unspecified atom stereocenters. The zero-order valence-corrected chi connectivity index (χ0v) is 11.8. The number of rotatable bonds is 4. The third-order valence-electron chi connectivity index (χ3n) is 4.04. The van der Waals surface area contributed by atoms with Gasteiger partial charge in [0, 0.05) is 6.54 Å². The molecule has 1 aromatic carbocycles. The first-order chi connectivity index (χ1) is 9.15. The lowest BCUT2D eigenvalue weighted by Gasteiger charge is -2.35. The van der Waals surface area contributed by atoms with Crippen molar-refractivity contribution in [3.8, 4) is 5.75 Å². The van der Waals surface area contributed by atoms with Crippen LogP contribution in [0.15, 0.2) is 35.4 Å². The molecule has 0 aliphatic carbocycles. The summed E-state index contributed by atoms with van der Waals surface area (Å²) in [5, 5.41) is 0. The summed E-state index contributed by atoms with van der Waals surface area (Å²) in [5.74, 6) is 0.864. The van der Waals surface area contributed by atoms with Gasteiger partial charge in [-0.3, -0.25) is 4.79 Å². The number of ether oxygens (including phenoxy) is 1. The molecule has 1 amide bonds. The van der Waals surface area contributed by atoms with Crippen LogP contribution in [0.5, 0.6) is 5.75 Å². The van der Waals surface area contributed by atoms with Crippen molar-refractivity contribution in [1.82, 2.24) is 4.90 Å². The number of amides is 1. The third kappa shape index (κ3) is 2.98. The summed E-state index contributed by atoms with van der Waals surface area (Å²) >= 11 is 0. The summed E-state index contributed by atoms with van der Waals surface area (Å²) in [6.07, 6.45) is 2.83. The zero-order valence-electron chi connectivity index (χ0n) is 11.8. The molecule has 0 N–H and O–H groups in total. The monoisotopic (exact) mass is 259 g/mol. The molecule has 1 aromatic rings. The van der Waals surface area contributed by atoms with Gasteiger partial charge in [-0.1, -0.05) is 23.3 Å². The Balaban J connectivity index is 2.18. The highest BCUT2D eigenvalue weighted by Gasteiger charge is 2.24. The predicted molar refractivity (Wildman–Crippen MR) is 76.2 cm³/mol. The Labute approximate surface area is 114 Å². The average molecular weight is 259 g/mol. The van der Waals surface area contributed by atoms with Crippen LogP contribution in [0.3, 0.4) is 0 Å². The first kappa shape index (κ1) is 13.7. The summed E-state index contributed by atoms with van der Waals surface area (Å²) in [5.41, 5.74) is 3.97. The van der Waals surface area contributed by atoms with Crippen LogP contribution in [-0.4, -0.2) is 31.0 Å². The molecular weight excluding hydrogens is 238 g/mol. The quantitative estimate of drug-likeness (QED) is 0.614. The maximum atomic E-state index is 11.2. The van der Waals surface area contributed by atoms with Gasteiger partial charge in [-0.2, -0.15) is 0 Å². The third-order valence-corrected chi connectivity index (χ3v) is 4.04. The molecule has 0 bridgehead atoms. The SMILES string of the molecule is COc1ccc(CC2C(C)=C(C)CCN2C=O)cc1. The molecule has 0 radical (unpaired) electrons. The van der Waals surface area contributed by atoms with Crippen molar-refractivity contribution < 1.29 is 9.53 Å². The summed E-state index contributed by atoms with van der Waals surface area (Å²) in [6, 6.07) is 8.27. The lowest BCUT2D eigenvalue weighted by molar-refractivity contribution is -0.119. The van der Waals surface area contributed by atoms with Crippen molar-refractivity contribution in [2.75, 3.05) is 13.7 Å². The molecule has 3 nitrogen and oxygen atoms in total.